The predicted octanol–water partition coefficient (Wildman–Crippen LogP) is 4.14. The largest absolute Gasteiger partial charge is 0.480 e. The van der Waals surface area contributed by atoms with E-state index >= 15 is 0 Å². The van der Waals surface area contributed by atoms with E-state index in [1.807, 2.05) is 6.92 Å². The molecule has 12 heteroatoms. The average Bonchev–Trinajstić information content (AvgIpc) is 3.47. The van der Waals surface area contributed by atoms with Crippen LogP contribution in [0.5, 0.6) is 0 Å². The molecular weight excluding hydrogens is 486 g/mol. The molecule has 0 aromatic carbocycles. The third-order valence-electron chi connectivity index (χ3n) is 5.65. The molecule has 34 heavy (non-hydrogen) atoms. The van der Waals surface area contributed by atoms with Crippen LogP contribution < -0.4 is 10.6 Å². The van der Waals surface area contributed by atoms with Crippen molar-refractivity contribution in [3.63, 3.8) is 0 Å². The molecule has 1 saturated heterocycles. The first-order valence-corrected chi connectivity index (χ1v) is 12.7. The molecule has 2 aromatic rings. The molecule has 3 atom stereocenters. The molecule has 1 fully saturated rings. The first kappa shape index (κ1) is 26.2. The van der Waals surface area contributed by atoms with Crippen LogP contribution in [0.3, 0.4) is 0 Å². The fraction of sp³-hybridized carbons (Fsp3) is 0.545. The summed E-state index contributed by atoms with van der Waals surface area (Å²) in [5, 5.41) is 14.1. The van der Waals surface area contributed by atoms with Gasteiger partial charge in [-0.05, 0) is 19.4 Å². The zero-order valence-electron chi connectivity index (χ0n) is 19.0. The topological polar surface area (TPSA) is 112 Å². The van der Waals surface area contributed by atoms with E-state index in [0.29, 0.717) is 21.7 Å². The van der Waals surface area contributed by atoms with Gasteiger partial charge in [-0.15, -0.1) is 11.3 Å². The monoisotopic (exact) mass is 514 g/mol. The number of alkyl halides is 1. The maximum Gasteiger partial charge on any atom is 0.317 e. The fourth-order valence-electron chi connectivity index (χ4n) is 3.99. The van der Waals surface area contributed by atoms with Gasteiger partial charge in [-0.2, -0.15) is 4.39 Å². The van der Waals surface area contributed by atoms with Crippen LogP contribution >= 0.6 is 22.7 Å². The second-order valence-electron chi connectivity index (χ2n) is 8.26. The molecule has 1 aliphatic heterocycles. The standard InChI is InChI=1S/C22H28F2N4O4S2/c1-3-4-5-14(25-10-20(30)31)7-19(29)28-11-13(23)6-16(28)17-8-15(12(2)33-17)21(32)27-22-26-9-18(24)34-22/h8-9,13-14,16,25H,3-7,10-11H2,1-2H3,(H,30,31)(H,26,27,32)/t13-,14?,16+/m1/s1. The SMILES string of the molecule is CCCCC(CC(=O)N1C[C@H](F)C[C@H]1c1cc(C(=O)Nc2ncc(F)s2)c(C)s1)NCC(=O)O. The van der Waals surface area contributed by atoms with Crippen molar-refractivity contribution in [3.8, 4) is 0 Å². The number of carboxylic acid groups (broad SMARTS) is 1. The molecule has 2 aromatic heterocycles. The van der Waals surface area contributed by atoms with Crippen molar-refractivity contribution >= 4 is 45.6 Å². The Balaban J connectivity index is 1.72. The van der Waals surface area contributed by atoms with Crippen LogP contribution in [0.2, 0.25) is 0 Å². The number of anilines is 1. The number of carbonyl (C=O) groups is 3. The van der Waals surface area contributed by atoms with Gasteiger partial charge in [-0.3, -0.25) is 19.7 Å². The van der Waals surface area contributed by atoms with Gasteiger partial charge in [0, 0.05) is 28.6 Å². The Labute approximate surface area is 204 Å². The van der Waals surface area contributed by atoms with Crippen molar-refractivity contribution in [2.45, 2.75) is 64.2 Å². The Morgan fingerprint density at radius 1 is 1.35 bits per heavy atom. The van der Waals surface area contributed by atoms with E-state index in [1.165, 1.54) is 16.2 Å². The molecule has 1 unspecified atom stereocenters. The third kappa shape index (κ3) is 6.80. The number of nitrogens with zero attached hydrogens (tertiary/aromatic N) is 2. The van der Waals surface area contributed by atoms with E-state index in [-0.39, 0.29) is 43.0 Å². The summed E-state index contributed by atoms with van der Waals surface area (Å²) in [6.07, 6.45) is 2.43. The van der Waals surface area contributed by atoms with Gasteiger partial charge in [0.15, 0.2) is 10.3 Å². The number of aromatic nitrogens is 1. The molecule has 3 rings (SSSR count). The number of thiazole rings is 1. The van der Waals surface area contributed by atoms with Crippen LogP contribution in [0, 0.1) is 12.1 Å². The molecular formula is C22H28F2N4O4S2. The number of halogens is 2. The highest BCUT2D eigenvalue weighted by Crippen LogP contribution is 2.39. The number of thiophene rings is 1. The third-order valence-corrected chi connectivity index (χ3v) is 7.50. The molecule has 2 amide bonds. The zero-order valence-corrected chi connectivity index (χ0v) is 20.6. The second kappa shape index (κ2) is 11.8. The van der Waals surface area contributed by atoms with Crippen LogP contribution in [-0.4, -0.2) is 58.1 Å². The van der Waals surface area contributed by atoms with Gasteiger partial charge in [0.1, 0.15) is 6.17 Å². The van der Waals surface area contributed by atoms with E-state index in [2.05, 4.69) is 15.6 Å². The summed E-state index contributed by atoms with van der Waals surface area (Å²) in [6.45, 7) is 3.48. The lowest BCUT2D eigenvalue weighted by atomic mass is 10.0. The van der Waals surface area contributed by atoms with Gasteiger partial charge in [0.25, 0.3) is 5.91 Å². The number of carboxylic acids is 1. The van der Waals surface area contributed by atoms with Gasteiger partial charge in [-0.25, -0.2) is 9.37 Å². The molecule has 0 aliphatic carbocycles. The molecule has 0 spiro atoms. The number of rotatable bonds is 11. The van der Waals surface area contributed by atoms with Crippen LogP contribution in [0.4, 0.5) is 13.9 Å². The van der Waals surface area contributed by atoms with Crippen molar-refractivity contribution < 1.29 is 28.3 Å². The number of likely N-dealkylation sites (tertiary alicyclic amines) is 1. The molecule has 8 nitrogen and oxygen atoms in total. The van der Waals surface area contributed by atoms with E-state index < -0.39 is 29.2 Å². The van der Waals surface area contributed by atoms with Crippen LogP contribution in [0.1, 0.15) is 65.2 Å². The molecule has 1 aliphatic rings. The zero-order chi connectivity index (χ0) is 24.8. The van der Waals surface area contributed by atoms with Crippen LogP contribution in [-0.2, 0) is 9.59 Å². The summed E-state index contributed by atoms with van der Waals surface area (Å²) in [6, 6.07) is 0.837. The van der Waals surface area contributed by atoms with E-state index in [1.54, 1.807) is 13.0 Å². The summed E-state index contributed by atoms with van der Waals surface area (Å²) in [4.78, 5) is 43.4. The van der Waals surface area contributed by atoms with Gasteiger partial charge >= 0.3 is 5.97 Å². The number of amides is 2. The lowest BCUT2D eigenvalue weighted by Crippen LogP contribution is -2.40. The Morgan fingerprint density at radius 3 is 2.76 bits per heavy atom. The predicted molar refractivity (Wildman–Crippen MR) is 127 cm³/mol. The maximum atomic E-state index is 14.4. The smallest absolute Gasteiger partial charge is 0.317 e. The van der Waals surface area contributed by atoms with E-state index in [0.717, 1.165) is 30.4 Å². The van der Waals surface area contributed by atoms with Crippen molar-refractivity contribution in [1.29, 1.82) is 0 Å². The number of hydrogen-bond donors (Lipinski definition) is 3. The second-order valence-corrected chi connectivity index (χ2v) is 10.5. The number of aliphatic carboxylic acids is 1. The summed E-state index contributed by atoms with van der Waals surface area (Å²) >= 11 is 2.04. The van der Waals surface area contributed by atoms with Gasteiger partial charge < -0.3 is 15.3 Å². The minimum Gasteiger partial charge on any atom is -0.480 e. The Bertz CT molecular complexity index is 1030. The summed E-state index contributed by atoms with van der Waals surface area (Å²) in [5.74, 6) is -1.70. The molecule has 3 heterocycles. The minimum absolute atomic E-state index is 0.0419. The molecule has 3 N–H and O–H groups in total. The summed E-state index contributed by atoms with van der Waals surface area (Å²) < 4.78 is 27.6. The van der Waals surface area contributed by atoms with Crippen LogP contribution in [0.25, 0.3) is 0 Å². The highest BCUT2D eigenvalue weighted by Gasteiger charge is 2.38. The first-order valence-electron chi connectivity index (χ1n) is 11.1. The van der Waals surface area contributed by atoms with Crippen molar-refractivity contribution in [1.82, 2.24) is 15.2 Å². The highest BCUT2D eigenvalue weighted by molar-refractivity contribution is 7.14. The van der Waals surface area contributed by atoms with Gasteiger partial charge in [0.05, 0.1) is 30.9 Å². The molecule has 0 bridgehead atoms. The van der Waals surface area contributed by atoms with E-state index in [9.17, 15) is 23.2 Å². The molecule has 0 saturated carbocycles. The van der Waals surface area contributed by atoms with Gasteiger partial charge in [-0.1, -0.05) is 31.1 Å². The number of hydrogen-bond acceptors (Lipinski definition) is 7. The summed E-state index contributed by atoms with van der Waals surface area (Å²) in [5.41, 5.74) is 0.370. The number of nitrogens with one attached hydrogen (secondary N) is 2. The lowest BCUT2D eigenvalue weighted by molar-refractivity contribution is -0.137. The number of carbonyl (C=O) groups excluding carboxylic acids is 2. The Morgan fingerprint density at radius 2 is 2.12 bits per heavy atom. The normalized spacial score (nSPS) is 18.8. The Kier molecular flexibility index (Phi) is 9.09. The first-order chi connectivity index (χ1) is 16.2. The van der Waals surface area contributed by atoms with E-state index in [4.69, 9.17) is 5.11 Å². The van der Waals surface area contributed by atoms with Crippen LogP contribution in [0.15, 0.2) is 12.3 Å². The fourth-order valence-corrected chi connectivity index (χ4v) is 5.68. The number of aryl methyl sites for hydroxylation is 1. The highest BCUT2D eigenvalue weighted by atomic mass is 32.1. The van der Waals surface area contributed by atoms with Crippen molar-refractivity contribution in [2.24, 2.45) is 0 Å². The molecule has 0 radical (unpaired) electrons. The van der Waals surface area contributed by atoms with Crippen molar-refractivity contribution in [3.05, 3.63) is 32.7 Å². The quantitative estimate of drug-likeness (QED) is 0.416. The molecule has 186 valence electrons. The Hall–Kier alpha value is -2.44. The average molecular weight is 515 g/mol. The minimum atomic E-state index is -1.19. The maximum absolute atomic E-state index is 14.4. The summed E-state index contributed by atoms with van der Waals surface area (Å²) in [7, 11) is 0. The van der Waals surface area contributed by atoms with Gasteiger partial charge in [0.2, 0.25) is 5.91 Å². The van der Waals surface area contributed by atoms with Crippen molar-refractivity contribution in [2.75, 3.05) is 18.4 Å². The number of unbranched alkanes of at least 4 members (excludes halogenated alkanes) is 1. The lowest BCUT2D eigenvalue weighted by Gasteiger charge is -2.26.